The molecule has 2 aromatic heterocycles. The quantitative estimate of drug-likeness (QED) is 0.821. The number of hydrogen-bond donors (Lipinski definition) is 2. The Morgan fingerprint density at radius 1 is 1.56 bits per heavy atom. The Morgan fingerprint density at radius 2 is 2.33 bits per heavy atom. The van der Waals surface area contributed by atoms with E-state index < -0.39 is 0 Å². The fourth-order valence-electron chi connectivity index (χ4n) is 1.70. The van der Waals surface area contributed by atoms with E-state index in [9.17, 15) is 4.79 Å². The summed E-state index contributed by atoms with van der Waals surface area (Å²) in [5.74, 6) is 0.601. The molecule has 0 unspecified atom stereocenters. The highest BCUT2D eigenvalue weighted by molar-refractivity contribution is 5.48. The van der Waals surface area contributed by atoms with Crippen molar-refractivity contribution in [3.63, 3.8) is 0 Å². The molecule has 0 saturated heterocycles. The van der Waals surface area contributed by atoms with E-state index in [1.54, 1.807) is 4.68 Å². The highest BCUT2D eigenvalue weighted by atomic mass is 16.5. The van der Waals surface area contributed by atoms with E-state index in [-0.39, 0.29) is 11.3 Å². The van der Waals surface area contributed by atoms with E-state index in [0.29, 0.717) is 12.4 Å². The highest BCUT2D eigenvalue weighted by Crippen LogP contribution is 2.16. The summed E-state index contributed by atoms with van der Waals surface area (Å²) >= 11 is 0. The van der Waals surface area contributed by atoms with Crippen LogP contribution in [0.15, 0.2) is 17.3 Å². The number of ether oxygens (including phenoxy) is 1. The number of rotatable bonds is 4. The second kappa shape index (κ2) is 4.91. The van der Waals surface area contributed by atoms with Crippen LogP contribution >= 0.6 is 0 Å². The van der Waals surface area contributed by atoms with Crippen molar-refractivity contribution in [1.29, 1.82) is 0 Å². The first-order valence-corrected chi connectivity index (χ1v) is 5.46. The molecule has 0 amide bonds. The molecule has 2 aromatic rings. The van der Waals surface area contributed by atoms with E-state index in [4.69, 9.17) is 4.74 Å². The van der Waals surface area contributed by atoms with Gasteiger partial charge in [0.15, 0.2) is 5.82 Å². The van der Waals surface area contributed by atoms with Gasteiger partial charge in [-0.2, -0.15) is 5.10 Å². The lowest BCUT2D eigenvalue weighted by Crippen LogP contribution is -2.14. The molecule has 0 atom stereocenters. The fraction of sp³-hybridized carbons (Fsp3) is 0.364. The van der Waals surface area contributed by atoms with Crippen LogP contribution in [0.25, 0.3) is 0 Å². The van der Waals surface area contributed by atoms with Crippen molar-refractivity contribution < 1.29 is 4.74 Å². The standard InChI is InChI=1S/C11H15N5O2/c1-7-8(5-16(2)15-7)4-12-10-9(18-3)11(17)14-6-13-10/h5-6H,4H2,1-3H3,(H2,12,13,14,17). The van der Waals surface area contributed by atoms with Crippen LogP contribution in [-0.2, 0) is 13.6 Å². The van der Waals surface area contributed by atoms with Gasteiger partial charge in [-0.25, -0.2) is 4.98 Å². The summed E-state index contributed by atoms with van der Waals surface area (Å²) < 4.78 is 6.76. The maximum Gasteiger partial charge on any atom is 0.295 e. The predicted octanol–water partition coefficient (Wildman–Crippen LogP) is 0.433. The lowest BCUT2D eigenvalue weighted by atomic mass is 10.2. The minimum absolute atomic E-state index is 0.180. The van der Waals surface area contributed by atoms with Crippen LogP contribution in [0.4, 0.5) is 5.82 Å². The summed E-state index contributed by atoms with van der Waals surface area (Å²) in [6, 6.07) is 0. The van der Waals surface area contributed by atoms with E-state index in [1.165, 1.54) is 13.4 Å². The zero-order valence-electron chi connectivity index (χ0n) is 10.5. The maximum absolute atomic E-state index is 11.5. The molecule has 0 fully saturated rings. The molecule has 0 aliphatic carbocycles. The maximum atomic E-state index is 11.5. The third kappa shape index (κ3) is 2.34. The number of aromatic nitrogens is 4. The third-order valence-electron chi connectivity index (χ3n) is 2.58. The average molecular weight is 249 g/mol. The Morgan fingerprint density at radius 3 is 2.94 bits per heavy atom. The smallest absolute Gasteiger partial charge is 0.295 e. The first-order valence-electron chi connectivity index (χ1n) is 5.46. The van der Waals surface area contributed by atoms with Crippen molar-refractivity contribution in [1.82, 2.24) is 19.7 Å². The van der Waals surface area contributed by atoms with Gasteiger partial charge >= 0.3 is 0 Å². The van der Waals surface area contributed by atoms with Gasteiger partial charge in [-0.1, -0.05) is 0 Å². The van der Waals surface area contributed by atoms with Crippen molar-refractivity contribution in [2.45, 2.75) is 13.5 Å². The van der Waals surface area contributed by atoms with E-state index in [1.807, 2.05) is 20.2 Å². The second-order valence-corrected chi connectivity index (χ2v) is 3.88. The van der Waals surface area contributed by atoms with Crippen LogP contribution in [0.1, 0.15) is 11.3 Å². The fourth-order valence-corrected chi connectivity index (χ4v) is 1.70. The highest BCUT2D eigenvalue weighted by Gasteiger charge is 2.09. The van der Waals surface area contributed by atoms with Crippen molar-refractivity contribution in [2.24, 2.45) is 7.05 Å². The molecule has 2 rings (SSSR count). The number of hydrogen-bond acceptors (Lipinski definition) is 5. The Bertz CT molecular complexity index is 602. The van der Waals surface area contributed by atoms with Gasteiger partial charge in [0.05, 0.1) is 19.1 Å². The molecular formula is C11H15N5O2. The predicted molar refractivity (Wildman–Crippen MR) is 66.7 cm³/mol. The number of nitrogens with one attached hydrogen (secondary N) is 2. The SMILES string of the molecule is COc1c(NCc2cn(C)nc2C)nc[nH]c1=O. The summed E-state index contributed by atoms with van der Waals surface area (Å²) in [7, 11) is 3.30. The third-order valence-corrected chi connectivity index (χ3v) is 2.58. The summed E-state index contributed by atoms with van der Waals surface area (Å²) in [6.07, 6.45) is 3.26. The van der Waals surface area contributed by atoms with Gasteiger partial charge in [0.1, 0.15) is 0 Å². The Kier molecular flexibility index (Phi) is 3.31. The van der Waals surface area contributed by atoms with Crippen LogP contribution in [0.5, 0.6) is 5.75 Å². The van der Waals surface area contributed by atoms with Crippen molar-refractivity contribution in [3.8, 4) is 5.75 Å². The molecule has 96 valence electrons. The van der Waals surface area contributed by atoms with Crippen LogP contribution in [0.3, 0.4) is 0 Å². The lowest BCUT2D eigenvalue weighted by molar-refractivity contribution is 0.408. The monoisotopic (exact) mass is 249 g/mol. The van der Waals surface area contributed by atoms with Gasteiger partial charge in [0.25, 0.3) is 5.56 Å². The van der Waals surface area contributed by atoms with E-state index in [2.05, 4.69) is 20.4 Å². The number of H-pyrrole nitrogens is 1. The zero-order valence-corrected chi connectivity index (χ0v) is 10.5. The van der Waals surface area contributed by atoms with Crippen molar-refractivity contribution in [2.75, 3.05) is 12.4 Å². The van der Waals surface area contributed by atoms with Crippen LogP contribution in [-0.4, -0.2) is 26.9 Å². The summed E-state index contributed by atoms with van der Waals surface area (Å²) in [5.41, 5.74) is 1.67. The minimum Gasteiger partial charge on any atom is -0.489 e. The van der Waals surface area contributed by atoms with Gasteiger partial charge in [-0.05, 0) is 6.92 Å². The summed E-state index contributed by atoms with van der Waals surface area (Å²) in [6.45, 7) is 2.46. The molecule has 18 heavy (non-hydrogen) atoms. The zero-order chi connectivity index (χ0) is 13.1. The molecule has 0 radical (unpaired) electrons. The van der Waals surface area contributed by atoms with Crippen molar-refractivity contribution >= 4 is 5.82 Å². The van der Waals surface area contributed by atoms with Gasteiger partial charge in [0, 0.05) is 25.4 Å². The number of methoxy groups -OCH3 is 1. The molecule has 7 heteroatoms. The van der Waals surface area contributed by atoms with Crippen LogP contribution in [0, 0.1) is 6.92 Å². The first-order chi connectivity index (χ1) is 8.61. The molecule has 2 heterocycles. The summed E-state index contributed by atoms with van der Waals surface area (Å²) in [4.78, 5) is 18.0. The molecule has 7 nitrogen and oxygen atoms in total. The number of aromatic amines is 1. The molecule has 0 bridgehead atoms. The van der Waals surface area contributed by atoms with Gasteiger partial charge < -0.3 is 15.0 Å². The normalized spacial score (nSPS) is 10.4. The largest absolute Gasteiger partial charge is 0.489 e. The molecule has 0 aliphatic rings. The van der Waals surface area contributed by atoms with Gasteiger partial charge in [0.2, 0.25) is 5.75 Å². The average Bonchev–Trinajstić information content (AvgIpc) is 2.65. The van der Waals surface area contributed by atoms with Crippen molar-refractivity contribution in [3.05, 3.63) is 34.1 Å². The van der Waals surface area contributed by atoms with Crippen LogP contribution < -0.4 is 15.6 Å². The number of aryl methyl sites for hydroxylation is 2. The molecule has 0 spiro atoms. The molecule has 0 aromatic carbocycles. The molecule has 0 aliphatic heterocycles. The number of anilines is 1. The molecule has 2 N–H and O–H groups in total. The molecular weight excluding hydrogens is 234 g/mol. The minimum atomic E-state index is -0.307. The van der Waals surface area contributed by atoms with Gasteiger partial charge in [-0.15, -0.1) is 0 Å². The molecule has 0 saturated carbocycles. The Labute approximate surface area is 104 Å². The second-order valence-electron chi connectivity index (χ2n) is 3.88. The Balaban J connectivity index is 2.18. The van der Waals surface area contributed by atoms with Gasteiger partial charge in [-0.3, -0.25) is 9.48 Å². The summed E-state index contributed by atoms with van der Waals surface area (Å²) in [5, 5.41) is 7.31. The number of nitrogens with zero attached hydrogens (tertiary/aromatic N) is 3. The first kappa shape index (κ1) is 12.2. The topological polar surface area (TPSA) is 84.8 Å². The lowest BCUT2D eigenvalue weighted by Gasteiger charge is -2.07. The van der Waals surface area contributed by atoms with Crippen LogP contribution in [0.2, 0.25) is 0 Å². The Hall–Kier alpha value is -2.31. The van der Waals surface area contributed by atoms with E-state index >= 15 is 0 Å². The van der Waals surface area contributed by atoms with E-state index in [0.717, 1.165) is 11.3 Å².